The predicted molar refractivity (Wildman–Crippen MR) is 263 cm³/mol. The number of aromatic nitrogens is 2. The summed E-state index contributed by atoms with van der Waals surface area (Å²) in [5.74, 6) is 0. The number of rotatable bonds is 5. The van der Waals surface area contributed by atoms with E-state index in [4.69, 9.17) is 9.97 Å². The molecule has 64 heavy (non-hydrogen) atoms. The fourth-order valence-corrected chi connectivity index (χ4v) is 11.6. The first-order valence-corrected chi connectivity index (χ1v) is 22.1. The molecule has 1 unspecified atom stereocenters. The quantitative estimate of drug-likeness (QED) is 0.173. The number of fused-ring (bicyclic) bond motifs is 14. The van der Waals surface area contributed by atoms with Gasteiger partial charge in [-0.05, 0) is 138 Å². The van der Waals surface area contributed by atoms with Gasteiger partial charge in [-0.3, -0.25) is 9.97 Å². The Hall–Kier alpha value is -8.40. The number of hydrogen-bond donors (Lipinski definition) is 0. The smallest absolute Gasteiger partial charge is 0.0780 e. The molecule has 1 atom stereocenters. The second-order valence-electron chi connectivity index (χ2n) is 17.2. The molecule has 11 aromatic rings. The largest absolute Gasteiger partial charge is 0.310 e. The van der Waals surface area contributed by atoms with Gasteiger partial charge in [0.1, 0.15) is 0 Å². The molecule has 0 bridgehead atoms. The van der Waals surface area contributed by atoms with Gasteiger partial charge < -0.3 is 4.90 Å². The van der Waals surface area contributed by atoms with E-state index in [0.29, 0.717) is 0 Å². The Labute approximate surface area is 371 Å². The number of para-hydroxylation sites is 3. The standard InChI is InChI=1S/C61H37N3/c1-3-19-42(20-4-1)64(43-21-5-2-6-22-43)44-30-31-54-50(34-44)46-23-7-9-28-52(46)61(54)53-29-10-8-24-48(53)59-55(61)35-51-47-26-11-15-38-16-12-27-49(56(38)47)58(51)57(59)41-33-40(36-62-37-41)45-25-13-17-39-18-14-32-63-60(39)45/h1-37H. The van der Waals surface area contributed by atoms with Crippen molar-refractivity contribution in [2.45, 2.75) is 5.41 Å². The van der Waals surface area contributed by atoms with Crippen LogP contribution < -0.4 is 4.90 Å². The van der Waals surface area contributed by atoms with Crippen LogP contribution in [0.25, 0.3) is 88.4 Å². The molecule has 0 amide bonds. The van der Waals surface area contributed by atoms with Gasteiger partial charge in [-0.15, -0.1) is 0 Å². The van der Waals surface area contributed by atoms with E-state index in [-0.39, 0.29) is 0 Å². The summed E-state index contributed by atoms with van der Waals surface area (Å²) in [4.78, 5) is 12.3. The SMILES string of the molecule is c1ccc(N(c2ccccc2)c2ccc3c(c2)-c2ccccc2C32c3ccccc3-c3c2cc2c(c3-c3cncc(-c4cccc5cccnc45)c3)-c3cccc4cccc-2c34)cc1. The van der Waals surface area contributed by atoms with E-state index in [9.17, 15) is 0 Å². The maximum atomic E-state index is 5.05. The van der Waals surface area contributed by atoms with Crippen LogP contribution in [0.4, 0.5) is 17.1 Å². The van der Waals surface area contributed by atoms with Gasteiger partial charge in [0.05, 0.1) is 10.9 Å². The molecule has 3 nitrogen and oxygen atoms in total. The zero-order valence-corrected chi connectivity index (χ0v) is 34.7. The Kier molecular flexibility index (Phi) is 7.32. The fourth-order valence-electron chi connectivity index (χ4n) is 11.6. The molecular weight excluding hydrogens is 775 g/mol. The van der Waals surface area contributed by atoms with E-state index in [2.05, 4.69) is 211 Å². The molecule has 0 N–H and O–H groups in total. The summed E-state index contributed by atoms with van der Waals surface area (Å²) in [6, 6.07) is 76.0. The highest BCUT2D eigenvalue weighted by molar-refractivity contribution is 6.21. The van der Waals surface area contributed by atoms with E-state index in [0.717, 1.165) is 44.7 Å². The van der Waals surface area contributed by atoms with Gasteiger partial charge in [-0.25, -0.2) is 0 Å². The molecule has 9 aromatic carbocycles. The van der Waals surface area contributed by atoms with E-state index in [1.807, 2.05) is 18.5 Å². The number of hydrogen-bond acceptors (Lipinski definition) is 3. The van der Waals surface area contributed by atoms with E-state index in [1.54, 1.807) is 0 Å². The third-order valence-electron chi connectivity index (χ3n) is 14.1. The maximum Gasteiger partial charge on any atom is 0.0780 e. The van der Waals surface area contributed by atoms with Crippen molar-refractivity contribution < 1.29 is 0 Å². The van der Waals surface area contributed by atoms with E-state index < -0.39 is 5.41 Å². The van der Waals surface area contributed by atoms with Crippen molar-refractivity contribution in [3.05, 3.63) is 247 Å². The summed E-state index contributed by atoms with van der Waals surface area (Å²) in [6.07, 6.45) is 5.96. The van der Waals surface area contributed by atoms with Crippen molar-refractivity contribution in [1.29, 1.82) is 0 Å². The van der Waals surface area contributed by atoms with Crippen LogP contribution in [0.3, 0.4) is 0 Å². The monoisotopic (exact) mass is 811 g/mol. The third-order valence-corrected chi connectivity index (χ3v) is 14.1. The highest BCUT2D eigenvalue weighted by Gasteiger charge is 2.53. The summed E-state index contributed by atoms with van der Waals surface area (Å²) < 4.78 is 0. The first-order chi connectivity index (χ1) is 31.8. The molecule has 0 saturated heterocycles. The molecule has 0 fully saturated rings. The van der Waals surface area contributed by atoms with Crippen LogP contribution in [0.5, 0.6) is 0 Å². The van der Waals surface area contributed by atoms with Crippen molar-refractivity contribution in [2.75, 3.05) is 4.90 Å². The number of nitrogens with zero attached hydrogens (tertiary/aromatic N) is 3. The molecule has 296 valence electrons. The van der Waals surface area contributed by atoms with Gasteiger partial charge in [0.25, 0.3) is 0 Å². The second kappa shape index (κ2) is 13.3. The maximum absolute atomic E-state index is 5.05. The normalized spacial score (nSPS) is 14.6. The highest BCUT2D eigenvalue weighted by atomic mass is 15.1. The number of benzene rings is 9. The van der Waals surface area contributed by atoms with Gasteiger partial charge in [-0.2, -0.15) is 0 Å². The van der Waals surface area contributed by atoms with Crippen molar-refractivity contribution in [3.8, 4) is 66.8 Å². The van der Waals surface area contributed by atoms with Crippen molar-refractivity contribution in [2.24, 2.45) is 0 Å². The molecule has 3 aliphatic carbocycles. The Morgan fingerprint density at radius 3 is 1.73 bits per heavy atom. The van der Waals surface area contributed by atoms with Gasteiger partial charge in [0, 0.05) is 57.7 Å². The molecular formula is C61H37N3. The predicted octanol–water partition coefficient (Wildman–Crippen LogP) is 15.6. The lowest BCUT2D eigenvalue weighted by molar-refractivity contribution is 0.794. The first-order valence-electron chi connectivity index (χ1n) is 22.1. The summed E-state index contributed by atoms with van der Waals surface area (Å²) in [6.45, 7) is 0. The Balaban J connectivity index is 1.09. The number of pyridine rings is 2. The molecule has 2 heterocycles. The Bertz CT molecular complexity index is 3690. The summed E-state index contributed by atoms with van der Waals surface area (Å²) in [7, 11) is 0. The fraction of sp³-hybridized carbons (Fsp3) is 0.0164. The van der Waals surface area contributed by atoms with Crippen molar-refractivity contribution in [3.63, 3.8) is 0 Å². The highest BCUT2D eigenvalue weighted by Crippen LogP contribution is 2.67. The minimum atomic E-state index is -0.572. The van der Waals surface area contributed by atoms with Gasteiger partial charge in [0.15, 0.2) is 0 Å². The first kappa shape index (κ1) is 35.2. The van der Waals surface area contributed by atoms with Gasteiger partial charge >= 0.3 is 0 Å². The van der Waals surface area contributed by atoms with Crippen LogP contribution in [-0.2, 0) is 5.41 Å². The van der Waals surface area contributed by atoms with Crippen LogP contribution >= 0.6 is 0 Å². The lowest BCUT2D eigenvalue weighted by Gasteiger charge is -2.32. The number of anilines is 3. The van der Waals surface area contributed by atoms with Crippen LogP contribution in [0.1, 0.15) is 22.3 Å². The van der Waals surface area contributed by atoms with E-state index >= 15 is 0 Å². The summed E-state index contributed by atoms with van der Waals surface area (Å²) >= 11 is 0. The molecule has 0 radical (unpaired) electrons. The zero-order chi connectivity index (χ0) is 41.9. The second-order valence-corrected chi connectivity index (χ2v) is 17.2. The lowest BCUT2D eigenvalue weighted by Crippen LogP contribution is -2.26. The minimum absolute atomic E-state index is 0.572. The average Bonchev–Trinajstić information content (AvgIpc) is 3.96. The molecule has 3 aliphatic rings. The molecule has 0 aliphatic heterocycles. The van der Waals surface area contributed by atoms with Crippen LogP contribution in [0, 0.1) is 0 Å². The minimum Gasteiger partial charge on any atom is -0.310 e. The zero-order valence-electron chi connectivity index (χ0n) is 34.7. The topological polar surface area (TPSA) is 29.0 Å². The third kappa shape index (κ3) is 4.70. The molecule has 0 saturated carbocycles. The van der Waals surface area contributed by atoms with Crippen molar-refractivity contribution in [1.82, 2.24) is 9.97 Å². The van der Waals surface area contributed by atoms with Crippen LogP contribution in [0.15, 0.2) is 225 Å². The van der Waals surface area contributed by atoms with Gasteiger partial charge in [-0.1, -0.05) is 152 Å². The molecule has 2 aromatic heterocycles. The summed E-state index contributed by atoms with van der Waals surface area (Å²) in [5, 5.41) is 3.68. The van der Waals surface area contributed by atoms with Crippen LogP contribution in [-0.4, -0.2) is 9.97 Å². The average molecular weight is 812 g/mol. The summed E-state index contributed by atoms with van der Waals surface area (Å²) in [5.41, 5.74) is 23.6. The molecule has 1 spiro atoms. The van der Waals surface area contributed by atoms with Gasteiger partial charge in [0.2, 0.25) is 0 Å². The Morgan fingerprint density at radius 1 is 0.344 bits per heavy atom. The molecule has 3 heteroatoms. The molecule has 14 rings (SSSR count). The van der Waals surface area contributed by atoms with Crippen LogP contribution in [0.2, 0.25) is 0 Å². The Morgan fingerprint density at radius 2 is 0.953 bits per heavy atom. The lowest BCUT2D eigenvalue weighted by atomic mass is 9.69. The van der Waals surface area contributed by atoms with E-state index in [1.165, 1.54) is 83.1 Å². The van der Waals surface area contributed by atoms with Crippen molar-refractivity contribution >= 4 is 38.7 Å².